The monoisotopic (exact) mass is 290 g/mol. The molecule has 0 radical (unpaired) electrons. The van der Waals surface area contributed by atoms with Crippen molar-refractivity contribution in [2.24, 2.45) is 0 Å². The normalized spacial score (nSPS) is 14.9. The van der Waals surface area contributed by atoms with E-state index in [9.17, 15) is 13.5 Å². The first-order chi connectivity index (χ1) is 8.72. The topological polar surface area (TPSA) is 122 Å². The van der Waals surface area contributed by atoms with Crippen molar-refractivity contribution >= 4 is 15.7 Å². The Hall–Kier alpha value is -1.35. The van der Waals surface area contributed by atoms with Crippen LogP contribution in [0.3, 0.4) is 0 Å². The maximum Gasteiger partial charge on any atom is 0.240 e. The number of ether oxygens (including phenoxy) is 1. The smallest absolute Gasteiger partial charge is 0.240 e. The van der Waals surface area contributed by atoms with E-state index in [-0.39, 0.29) is 17.2 Å². The quantitative estimate of drug-likeness (QED) is 0.514. The van der Waals surface area contributed by atoms with Gasteiger partial charge in [-0.05, 0) is 19.1 Å². The van der Waals surface area contributed by atoms with E-state index in [0.29, 0.717) is 5.69 Å². The third-order valence-electron chi connectivity index (χ3n) is 2.50. The summed E-state index contributed by atoms with van der Waals surface area (Å²) in [6.45, 7) is 0.457. The summed E-state index contributed by atoms with van der Waals surface area (Å²) in [6.07, 6.45) is 0. The first-order valence-corrected chi connectivity index (χ1v) is 6.96. The van der Waals surface area contributed by atoms with Crippen molar-refractivity contribution < 1.29 is 23.4 Å². The second kappa shape index (κ2) is 5.74. The van der Waals surface area contributed by atoms with Crippen LogP contribution >= 0.6 is 0 Å². The van der Waals surface area contributed by atoms with Crippen molar-refractivity contribution in [3.05, 3.63) is 18.2 Å². The Balaban J connectivity index is 2.95. The van der Waals surface area contributed by atoms with Gasteiger partial charge in [-0.3, -0.25) is 0 Å². The highest BCUT2D eigenvalue weighted by Gasteiger charge is 2.23. The average Bonchev–Trinajstić information content (AvgIpc) is 2.37. The van der Waals surface area contributed by atoms with Crippen molar-refractivity contribution in [2.45, 2.75) is 17.4 Å². The van der Waals surface area contributed by atoms with Crippen molar-refractivity contribution in [2.75, 3.05) is 26.0 Å². The molecule has 0 saturated heterocycles. The number of rotatable bonds is 6. The number of aliphatic hydroxyl groups is 2. The Kier molecular flexibility index (Phi) is 4.75. The van der Waals surface area contributed by atoms with Crippen LogP contribution in [0.15, 0.2) is 23.1 Å². The Morgan fingerprint density at radius 2 is 2.11 bits per heavy atom. The highest BCUT2D eigenvalue weighted by Crippen LogP contribution is 2.24. The van der Waals surface area contributed by atoms with Crippen molar-refractivity contribution in [3.63, 3.8) is 0 Å². The molecule has 0 aliphatic rings. The van der Waals surface area contributed by atoms with Gasteiger partial charge in [0, 0.05) is 12.6 Å². The second-order valence-electron chi connectivity index (χ2n) is 4.38. The number of anilines is 1. The fourth-order valence-electron chi connectivity index (χ4n) is 1.25. The molecule has 108 valence electrons. The lowest BCUT2D eigenvalue weighted by atomic mass is 10.1. The molecule has 0 bridgehead atoms. The summed E-state index contributed by atoms with van der Waals surface area (Å²) in [6, 6.07) is 4.02. The molecule has 1 atom stereocenters. The largest absolute Gasteiger partial charge is 0.495 e. The second-order valence-corrected chi connectivity index (χ2v) is 6.15. The predicted molar refractivity (Wildman–Crippen MR) is 70.3 cm³/mol. The zero-order valence-corrected chi connectivity index (χ0v) is 11.6. The van der Waals surface area contributed by atoms with E-state index in [0.717, 1.165) is 0 Å². The van der Waals surface area contributed by atoms with Crippen LogP contribution in [0.25, 0.3) is 0 Å². The number of nitrogens with one attached hydrogen (secondary N) is 1. The van der Waals surface area contributed by atoms with Gasteiger partial charge in [-0.25, -0.2) is 13.1 Å². The van der Waals surface area contributed by atoms with Gasteiger partial charge in [-0.15, -0.1) is 0 Å². The third-order valence-corrected chi connectivity index (χ3v) is 3.90. The summed E-state index contributed by atoms with van der Waals surface area (Å²) < 4.78 is 31.1. The molecule has 0 saturated carbocycles. The highest BCUT2D eigenvalue weighted by atomic mass is 32.2. The molecule has 0 amide bonds. The van der Waals surface area contributed by atoms with E-state index in [1.54, 1.807) is 0 Å². The molecule has 0 aromatic heterocycles. The fourth-order valence-corrected chi connectivity index (χ4v) is 2.43. The number of aliphatic hydroxyl groups excluding tert-OH is 1. The van der Waals surface area contributed by atoms with Crippen LogP contribution < -0.4 is 15.2 Å². The minimum absolute atomic E-state index is 0.0349. The van der Waals surface area contributed by atoms with Gasteiger partial charge >= 0.3 is 0 Å². The number of sulfonamides is 1. The van der Waals surface area contributed by atoms with E-state index < -0.39 is 22.2 Å². The van der Waals surface area contributed by atoms with E-state index in [2.05, 4.69) is 4.72 Å². The Morgan fingerprint density at radius 3 is 2.63 bits per heavy atom. The molecule has 1 aromatic carbocycles. The molecular weight excluding hydrogens is 272 g/mol. The Labute approximate surface area is 112 Å². The third kappa shape index (κ3) is 4.06. The molecule has 0 aliphatic heterocycles. The van der Waals surface area contributed by atoms with E-state index in [4.69, 9.17) is 15.6 Å². The fraction of sp³-hybridized carbons (Fsp3) is 0.455. The maximum absolute atomic E-state index is 12.0. The van der Waals surface area contributed by atoms with Crippen LogP contribution in [0, 0.1) is 0 Å². The van der Waals surface area contributed by atoms with E-state index in [1.807, 2.05) is 0 Å². The summed E-state index contributed by atoms with van der Waals surface area (Å²) in [5.74, 6) is 0.247. The molecule has 1 unspecified atom stereocenters. The molecule has 1 aromatic rings. The van der Waals surface area contributed by atoms with Crippen LogP contribution in [0.2, 0.25) is 0 Å². The van der Waals surface area contributed by atoms with Crippen LogP contribution in [0.5, 0.6) is 5.75 Å². The molecule has 1 rings (SSSR count). The van der Waals surface area contributed by atoms with Gasteiger partial charge in [0.1, 0.15) is 5.75 Å². The Bertz CT molecular complexity index is 542. The molecule has 0 aliphatic carbocycles. The van der Waals surface area contributed by atoms with Gasteiger partial charge in [-0.1, -0.05) is 0 Å². The number of hydrogen-bond acceptors (Lipinski definition) is 6. The van der Waals surface area contributed by atoms with Gasteiger partial charge in [-0.2, -0.15) is 0 Å². The first-order valence-electron chi connectivity index (χ1n) is 5.48. The first kappa shape index (κ1) is 15.7. The minimum Gasteiger partial charge on any atom is -0.495 e. The summed E-state index contributed by atoms with van der Waals surface area (Å²) in [5, 5.41) is 18.4. The molecule has 5 N–H and O–H groups in total. The number of benzene rings is 1. The molecular formula is C11H18N2O5S. The molecule has 0 heterocycles. The molecule has 19 heavy (non-hydrogen) atoms. The summed E-state index contributed by atoms with van der Waals surface area (Å²) in [4.78, 5) is -0.0349. The maximum atomic E-state index is 12.0. The number of nitrogen functional groups attached to an aromatic ring is 1. The summed E-state index contributed by atoms with van der Waals surface area (Å²) >= 11 is 0. The van der Waals surface area contributed by atoms with Gasteiger partial charge < -0.3 is 20.7 Å². The van der Waals surface area contributed by atoms with Crippen molar-refractivity contribution in [1.29, 1.82) is 0 Å². The molecule has 0 spiro atoms. The number of methoxy groups -OCH3 is 1. The lowest BCUT2D eigenvalue weighted by molar-refractivity contribution is 0.00681. The van der Waals surface area contributed by atoms with Crippen LogP contribution in [0.4, 0.5) is 5.69 Å². The van der Waals surface area contributed by atoms with E-state index in [1.165, 1.54) is 32.2 Å². The van der Waals surface area contributed by atoms with Crippen molar-refractivity contribution in [3.8, 4) is 5.75 Å². The lowest BCUT2D eigenvalue weighted by Crippen LogP contribution is -2.43. The molecule has 0 fully saturated rings. The zero-order valence-electron chi connectivity index (χ0n) is 10.8. The van der Waals surface area contributed by atoms with Gasteiger partial charge in [0.2, 0.25) is 10.0 Å². The number of hydrogen-bond donors (Lipinski definition) is 4. The standard InChI is InChI=1S/C11H18N2O5S/c1-11(15,7-14)6-13-19(16,17)8-3-4-9(12)10(5-8)18-2/h3-5,13-15H,6-7,12H2,1-2H3. The predicted octanol–water partition coefficient (Wildman–Crippen LogP) is -0.701. The molecule has 8 heteroatoms. The SMILES string of the molecule is COc1cc(S(=O)(=O)NCC(C)(O)CO)ccc1N. The van der Waals surface area contributed by atoms with E-state index >= 15 is 0 Å². The minimum atomic E-state index is -3.81. The average molecular weight is 290 g/mol. The summed E-state index contributed by atoms with van der Waals surface area (Å²) in [5.41, 5.74) is 4.39. The van der Waals surface area contributed by atoms with Gasteiger partial charge in [0.25, 0.3) is 0 Å². The van der Waals surface area contributed by atoms with Crippen LogP contribution in [-0.4, -0.2) is 44.5 Å². The number of nitrogens with two attached hydrogens (primary N) is 1. The Morgan fingerprint density at radius 1 is 1.47 bits per heavy atom. The highest BCUT2D eigenvalue weighted by molar-refractivity contribution is 7.89. The van der Waals surface area contributed by atoms with Crippen molar-refractivity contribution in [1.82, 2.24) is 4.72 Å². The summed E-state index contributed by atoms with van der Waals surface area (Å²) in [7, 11) is -2.43. The van der Waals surface area contributed by atoms with Gasteiger partial charge in [0.15, 0.2) is 0 Å². The molecule has 7 nitrogen and oxygen atoms in total. The lowest BCUT2D eigenvalue weighted by Gasteiger charge is -2.20. The zero-order chi connectivity index (χ0) is 14.7. The van der Waals surface area contributed by atoms with Gasteiger partial charge in [0.05, 0.1) is 29.9 Å². The van der Waals surface area contributed by atoms with Crippen LogP contribution in [0.1, 0.15) is 6.92 Å². The van der Waals surface area contributed by atoms with Crippen LogP contribution in [-0.2, 0) is 10.0 Å².